The molecule has 31 heavy (non-hydrogen) atoms. The molecular weight excluding hydrogens is 427 g/mol. The average Bonchev–Trinajstić information content (AvgIpc) is 3.57. The van der Waals surface area contributed by atoms with E-state index in [9.17, 15) is 22.9 Å². The zero-order chi connectivity index (χ0) is 22.6. The number of sulfonamides is 1. The lowest BCUT2D eigenvalue weighted by atomic mass is 10.1. The predicted molar refractivity (Wildman–Crippen MR) is 112 cm³/mol. The van der Waals surface area contributed by atoms with Crippen LogP contribution in [-0.2, 0) is 14.8 Å². The number of nitro benzene ring substituents is 1. The molecule has 2 aromatic rings. The molecule has 1 saturated carbocycles. The number of ether oxygens (including phenoxy) is 2. The lowest BCUT2D eigenvalue weighted by molar-refractivity contribution is -0.387. The molecule has 1 unspecified atom stereocenters. The van der Waals surface area contributed by atoms with E-state index in [1.165, 1.54) is 46.8 Å². The Morgan fingerprint density at radius 2 is 1.94 bits per heavy atom. The third-order valence-electron chi connectivity index (χ3n) is 5.09. The van der Waals surface area contributed by atoms with Crippen LogP contribution in [0.5, 0.6) is 5.75 Å². The van der Waals surface area contributed by atoms with Crippen LogP contribution in [-0.4, -0.2) is 44.0 Å². The fraction of sp³-hybridized carbons (Fsp3) is 0.429. The van der Waals surface area contributed by atoms with Crippen LogP contribution in [0.4, 0.5) is 10.1 Å². The van der Waals surface area contributed by atoms with E-state index in [0.29, 0.717) is 31.4 Å². The van der Waals surface area contributed by atoms with Crippen LogP contribution in [0.15, 0.2) is 47.4 Å². The van der Waals surface area contributed by atoms with Crippen LogP contribution in [0.25, 0.3) is 0 Å². The van der Waals surface area contributed by atoms with Crippen molar-refractivity contribution in [3.05, 3.63) is 64.0 Å². The minimum Gasteiger partial charge on any atom is -0.490 e. The average molecular weight is 453 g/mol. The van der Waals surface area contributed by atoms with Gasteiger partial charge in [-0.1, -0.05) is 18.2 Å². The number of hydrogen-bond acceptors (Lipinski definition) is 6. The number of para-hydroxylation sites is 1. The van der Waals surface area contributed by atoms with Gasteiger partial charge in [0, 0.05) is 38.3 Å². The Bertz CT molecular complexity index is 1040. The predicted octanol–water partition coefficient (Wildman–Crippen LogP) is 4.06. The number of methoxy groups -OCH3 is 1. The van der Waals surface area contributed by atoms with Crippen LogP contribution in [0, 0.1) is 15.9 Å². The number of hydrogen-bond donors (Lipinski definition) is 0. The van der Waals surface area contributed by atoms with Gasteiger partial charge < -0.3 is 9.47 Å². The summed E-state index contributed by atoms with van der Waals surface area (Å²) in [5, 5.41) is 11.4. The summed E-state index contributed by atoms with van der Waals surface area (Å²) in [6, 6.07) is 8.59. The second kappa shape index (κ2) is 9.71. The number of halogens is 1. The van der Waals surface area contributed by atoms with Crippen molar-refractivity contribution in [2.24, 2.45) is 0 Å². The van der Waals surface area contributed by atoms with Crippen LogP contribution in [0.3, 0.4) is 0 Å². The SMILES string of the molecule is COCCCOc1cc(C(C)N(C2CC2)S(=O)(=O)c2ccccc2[N+](=O)[O-])ccc1F. The van der Waals surface area contributed by atoms with E-state index in [2.05, 4.69) is 0 Å². The first-order valence-electron chi connectivity index (χ1n) is 9.95. The van der Waals surface area contributed by atoms with Gasteiger partial charge in [0.2, 0.25) is 0 Å². The maximum atomic E-state index is 14.2. The molecule has 1 atom stereocenters. The molecule has 0 spiro atoms. The smallest absolute Gasteiger partial charge is 0.289 e. The van der Waals surface area contributed by atoms with E-state index >= 15 is 0 Å². The fourth-order valence-electron chi connectivity index (χ4n) is 3.41. The summed E-state index contributed by atoms with van der Waals surface area (Å²) < 4.78 is 52.8. The summed E-state index contributed by atoms with van der Waals surface area (Å²) in [5.41, 5.74) is 0.0684. The summed E-state index contributed by atoms with van der Waals surface area (Å²) in [6.07, 6.45) is 1.90. The molecule has 0 N–H and O–H groups in total. The summed E-state index contributed by atoms with van der Waals surface area (Å²) in [7, 11) is -2.61. The highest BCUT2D eigenvalue weighted by atomic mass is 32.2. The van der Waals surface area contributed by atoms with Gasteiger partial charge in [-0.25, -0.2) is 12.8 Å². The third kappa shape index (κ3) is 5.20. The Kier molecular flexibility index (Phi) is 7.24. The van der Waals surface area contributed by atoms with Gasteiger partial charge in [0.05, 0.1) is 11.5 Å². The van der Waals surface area contributed by atoms with Gasteiger partial charge in [-0.15, -0.1) is 0 Å². The minimum absolute atomic E-state index is 0.0271. The van der Waals surface area contributed by atoms with Crippen LogP contribution < -0.4 is 4.74 Å². The molecule has 0 heterocycles. The summed E-state index contributed by atoms with van der Waals surface area (Å²) >= 11 is 0. The summed E-state index contributed by atoms with van der Waals surface area (Å²) in [6.45, 7) is 2.41. The zero-order valence-corrected chi connectivity index (χ0v) is 18.2. The van der Waals surface area contributed by atoms with Crippen molar-refractivity contribution in [1.82, 2.24) is 4.31 Å². The number of nitro groups is 1. The quantitative estimate of drug-likeness (QED) is 0.290. The highest BCUT2D eigenvalue weighted by Gasteiger charge is 2.43. The number of nitrogens with zero attached hydrogens (tertiary/aromatic N) is 2. The summed E-state index contributed by atoms with van der Waals surface area (Å²) in [4.78, 5) is 10.3. The van der Waals surface area contributed by atoms with E-state index in [4.69, 9.17) is 9.47 Å². The van der Waals surface area contributed by atoms with Gasteiger partial charge in [-0.3, -0.25) is 10.1 Å². The monoisotopic (exact) mass is 452 g/mol. The molecule has 168 valence electrons. The van der Waals surface area contributed by atoms with Gasteiger partial charge in [0.1, 0.15) is 0 Å². The lowest BCUT2D eigenvalue weighted by Crippen LogP contribution is -2.36. The minimum atomic E-state index is -4.17. The van der Waals surface area contributed by atoms with E-state index in [1.807, 2.05) is 0 Å². The molecule has 1 fully saturated rings. The molecule has 0 aromatic heterocycles. The van der Waals surface area contributed by atoms with E-state index in [0.717, 1.165) is 0 Å². The molecule has 0 aliphatic heterocycles. The zero-order valence-electron chi connectivity index (χ0n) is 17.4. The Balaban J connectivity index is 1.93. The molecule has 3 rings (SSSR count). The standard InChI is InChI=1S/C21H25FN2O6S/c1-15(16-8-11-18(22)20(14-16)30-13-5-12-29-2)23(17-9-10-17)31(27,28)21-7-4-3-6-19(21)24(25)26/h3-4,6-8,11,14-15,17H,5,9-10,12-13H2,1-2H3. The maximum absolute atomic E-state index is 14.2. The van der Waals surface area contributed by atoms with Crippen molar-refractivity contribution >= 4 is 15.7 Å². The topological polar surface area (TPSA) is 99.0 Å². The Morgan fingerprint density at radius 1 is 1.23 bits per heavy atom. The second-order valence-electron chi connectivity index (χ2n) is 7.35. The highest BCUT2D eigenvalue weighted by Crippen LogP contribution is 2.41. The van der Waals surface area contributed by atoms with Gasteiger partial charge >= 0.3 is 0 Å². The molecule has 8 nitrogen and oxygen atoms in total. The lowest BCUT2D eigenvalue weighted by Gasteiger charge is -2.29. The molecule has 0 bridgehead atoms. The molecule has 2 aromatic carbocycles. The van der Waals surface area contributed by atoms with Crippen molar-refractivity contribution in [3.63, 3.8) is 0 Å². The van der Waals surface area contributed by atoms with Crippen LogP contribution >= 0.6 is 0 Å². The van der Waals surface area contributed by atoms with Crippen LogP contribution in [0.2, 0.25) is 0 Å². The van der Waals surface area contributed by atoms with Crippen molar-refractivity contribution < 1.29 is 27.2 Å². The Labute approximate surface area is 180 Å². The fourth-order valence-corrected chi connectivity index (χ4v) is 5.44. The van der Waals surface area contributed by atoms with Gasteiger partial charge in [-0.05, 0) is 43.5 Å². The van der Waals surface area contributed by atoms with Crippen molar-refractivity contribution in [1.29, 1.82) is 0 Å². The summed E-state index contributed by atoms with van der Waals surface area (Å²) in [5.74, 6) is -0.521. The van der Waals surface area contributed by atoms with Crippen molar-refractivity contribution in [3.8, 4) is 5.75 Å². The molecule has 1 aliphatic carbocycles. The van der Waals surface area contributed by atoms with E-state index in [1.54, 1.807) is 14.0 Å². The highest BCUT2D eigenvalue weighted by molar-refractivity contribution is 7.89. The number of rotatable bonds is 11. The van der Waals surface area contributed by atoms with Crippen molar-refractivity contribution in [2.75, 3.05) is 20.3 Å². The third-order valence-corrected chi connectivity index (χ3v) is 7.16. The normalized spacial score (nSPS) is 15.1. The molecule has 1 aliphatic rings. The molecular formula is C21H25FN2O6S. The second-order valence-corrected chi connectivity index (χ2v) is 9.16. The number of benzene rings is 2. The van der Waals surface area contributed by atoms with Crippen molar-refractivity contribution in [2.45, 2.75) is 43.2 Å². The molecule has 0 saturated heterocycles. The maximum Gasteiger partial charge on any atom is 0.289 e. The molecule has 10 heteroatoms. The molecule has 0 amide bonds. The first-order chi connectivity index (χ1) is 14.8. The first-order valence-corrected chi connectivity index (χ1v) is 11.4. The van der Waals surface area contributed by atoms with Gasteiger partial charge in [0.15, 0.2) is 16.5 Å². The Morgan fingerprint density at radius 3 is 2.58 bits per heavy atom. The van der Waals surface area contributed by atoms with Crippen LogP contribution in [0.1, 0.15) is 37.8 Å². The Hall–Kier alpha value is -2.56. The van der Waals surface area contributed by atoms with E-state index < -0.39 is 32.5 Å². The van der Waals surface area contributed by atoms with Gasteiger partial charge in [0.25, 0.3) is 15.7 Å². The largest absolute Gasteiger partial charge is 0.490 e. The van der Waals surface area contributed by atoms with Gasteiger partial charge in [-0.2, -0.15) is 4.31 Å². The van der Waals surface area contributed by atoms with E-state index in [-0.39, 0.29) is 23.3 Å². The molecule has 0 radical (unpaired) electrons. The first kappa shape index (κ1) is 23.1.